The zero-order chi connectivity index (χ0) is 19.7. The molecular weight excluding hydrogens is 366 g/mol. The highest BCUT2D eigenvalue weighted by Crippen LogP contribution is 2.37. The first kappa shape index (κ1) is 18.3. The molecule has 2 aromatic carbocycles. The lowest BCUT2D eigenvalue weighted by Crippen LogP contribution is -1.98. The summed E-state index contributed by atoms with van der Waals surface area (Å²) in [6, 6.07) is 19.7. The Bertz CT molecular complexity index is 1150. The van der Waals surface area contributed by atoms with Crippen molar-refractivity contribution in [1.82, 2.24) is 9.97 Å². The first-order valence-corrected chi connectivity index (χ1v) is 9.89. The molecule has 4 aromatic rings. The summed E-state index contributed by atoms with van der Waals surface area (Å²) >= 11 is 1.66. The van der Waals surface area contributed by atoms with Crippen LogP contribution in [0.2, 0.25) is 0 Å². The van der Waals surface area contributed by atoms with E-state index in [1.807, 2.05) is 32.0 Å². The summed E-state index contributed by atoms with van der Waals surface area (Å²) in [6.07, 6.45) is 0. The smallest absolute Gasteiger partial charge is 0.161 e. The second-order valence-corrected chi connectivity index (χ2v) is 7.97. The molecule has 2 N–H and O–H groups in total. The van der Waals surface area contributed by atoms with Gasteiger partial charge in [-0.2, -0.15) is 0 Å². The second kappa shape index (κ2) is 7.52. The summed E-state index contributed by atoms with van der Waals surface area (Å²) in [5, 5.41) is 14.1. The Hall–Kier alpha value is -3.05. The maximum atomic E-state index is 9.52. The Kier molecular flexibility index (Phi) is 4.92. The number of anilines is 2. The van der Waals surface area contributed by atoms with Crippen LogP contribution in [-0.2, 0) is 0 Å². The first-order valence-electron chi connectivity index (χ1n) is 9.07. The topological polar surface area (TPSA) is 58.0 Å². The van der Waals surface area contributed by atoms with Crippen LogP contribution in [0.25, 0.3) is 11.0 Å². The second-order valence-electron chi connectivity index (χ2n) is 6.86. The number of aromatic hydroxyl groups is 1. The number of aromatic nitrogens is 2. The van der Waals surface area contributed by atoms with Gasteiger partial charge in [0.15, 0.2) is 5.65 Å². The van der Waals surface area contributed by atoms with Gasteiger partial charge in [-0.15, -0.1) is 0 Å². The van der Waals surface area contributed by atoms with Crippen molar-refractivity contribution >= 4 is 34.2 Å². The molecule has 0 bridgehead atoms. The van der Waals surface area contributed by atoms with E-state index in [-0.39, 0.29) is 5.75 Å². The molecule has 28 heavy (non-hydrogen) atoms. The highest BCUT2D eigenvalue weighted by molar-refractivity contribution is 7.99. The quantitative estimate of drug-likeness (QED) is 0.439. The maximum absolute atomic E-state index is 9.52. The van der Waals surface area contributed by atoms with E-state index in [1.54, 1.807) is 23.9 Å². The maximum Gasteiger partial charge on any atom is 0.161 e. The molecule has 0 saturated heterocycles. The molecular formula is C23H21N3OS. The zero-order valence-corrected chi connectivity index (χ0v) is 16.8. The van der Waals surface area contributed by atoms with Gasteiger partial charge in [0.25, 0.3) is 0 Å². The number of rotatable bonds is 4. The number of aryl methyl sites for hydroxylation is 3. The van der Waals surface area contributed by atoms with E-state index in [9.17, 15) is 5.11 Å². The van der Waals surface area contributed by atoms with Crippen LogP contribution >= 0.6 is 11.8 Å². The van der Waals surface area contributed by atoms with Gasteiger partial charge >= 0.3 is 0 Å². The van der Waals surface area contributed by atoms with E-state index >= 15 is 0 Å². The lowest BCUT2D eigenvalue weighted by atomic mass is 10.1. The van der Waals surface area contributed by atoms with Crippen molar-refractivity contribution in [3.63, 3.8) is 0 Å². The van der Waals surface area contributed by atoms with Crippen molar-refractivity contribution in [3.8, 4) is 5.75 Å². The van der Waals surface area contributed by atoms with E-state index in [2.05, 4.69) is 52.5 Å². The van der Waals surface area contributed by atoms with Crippen LogP contribution in [0.3, 0.4) is 0 Å². The summed E-state index contributed by atoms with van der Waals surface area (Å²) < 4.78 is 0. The molecule has 0 aliphatic rings. The average Bonchev–Trinajstić information content (AvgIpc) is 2.65. The number of phenols is 1. The van der Waals surface area contributed by atoms with E-state index in [0.717, 1.165) is 43.6 Å². The van der Waals surface area contributed by atoms with Crippen LogP contribution in [-0.4, -0.2) is 15.1 Å². The Morgan fingerprint density at radius 2 is 1.54 bits per heavy atom. The molecule has 4 nitrogen and oxygen atoms in total. The number of nitrogens with zero attached hydrogens (tertiary/aromatic N) is 2. The van der Waals surface area contributed by atoms with Gasteiger partial charge in [-0.3, -0.25) is 0 Å². The molecule has 0 spiro atoms. The summed E-state index contributed by atoms with van der Waals surface area (Å²) in [6.45, 7) is 6.04. The fourth-order valence-electron chi connectivity index (χ4n) is 3.04. The largest absolute Gasteiger partial charge is 0.508 e. The number of phenolic OH excluding ortho intramolecular Hbond substituents is 1. The highest BCUT2D eigenvalue weighted by atomic mass is 32.2. The van der Waals surface area contributed by atoms with Crippen molar-refractivity contribution in [1.29, 1.82) is 0 Å². The predicted molar refractivity (Wildman–Crippen MR) is 116 cm³/mol. The molecule has 0 saturated carbocycles. The fourth-order valence-corrected chi connectivity index (χ4v) is 3.93. The fraction of sp³-hybridized carbons (Fsp3) is 0.130. The van der Waals surface area contributed by atoms with Crippen LogP contribution in [0.5, 0.6) is 5.75 Å². The van der Waals surface area contributed by atoms with E-state index in [1.165, 1.54) is 5.56 Å². The predicted octanol–water partition coefficient (Wildman–Crippen LogP) is 6.16. The van der Waals surface area contributed by atoms with Gasteiger partial charge in [-0.25, -0.2) is 9.97 Å². The Morgan fingerprint density at radius 1 is 0.786 bits per heavy atom. The Labute approximate surface area is 168 Å². The third kappa shape index (κ3) is 3.94. The van der Waals surface area contributed by atoms with Crippen molar-refractivity contribution in [3.05, 3.63) is 77.6 Å². The summed E-state index contributed by atoms with van der Waals surface area (Å²) in [4.78, 5) is 11.3. The number of nitrogens with one attached hydrogen (secondary N) is 1. The van der Waals surface area contributed by atoms with Gasteiger partial charge in [0.2, 0.25) is 0 Å². The average molecular weight is 388 g/mol. The molecule has 4 rings (SSSR count). The number of hydrogen-bond donors (Lipinski definition) is 2. The van der Waals surface area contributed by atoms with Crippen LogP contribution in [0, 0.1) is 20.8 Å². The molecule has 0 radical (unpaired) electrons. The SMILES string of the molecule is Cc1ccc(Sc2ccc(O)cc2)c(Nc2cc(C)nc3nc(C)ccc23)c1. The normalized spacial score (nSPS) is 11.0. The van der Waals surface area contributed by atoms with E-state index < -0.39 is 0 Å². The molecule has 2 heterocycles. The minimum absolute atomic E-state index is 0.271. The first-order chi connectivity index (χ1) is 13.5. The number of pyridine rings is 2. The monoisotopic (exact) mass is 387 g/mol. The lowest BCUT2D eigenvalue weighted by Gasteiger charge is -2.15. The van der Waals surface area contributed by atoms with E-state index in [0.29, 0.717) is 0 Å². The number of hydrogen-bond acceptors (Lipinski definition) is 5. The Morgan fingerprint density at radius 3 is 2.32 bits per heavy atom. The zero-order valence-electron chi connectivity index (χ0n) is 16.0. The van der Waals surface area contributed by atoms with Crippen LogP contribution in [0.4, 0.5) is 11.4 Å². The van der Waals surface area contributed by atoms with Crippen molar-refractivity contribution < 1.29 is 5.11 Å². The number of fused-ring (bicyclic) bond motifs is 1. The van der Waals surface area contributed by atoms with Crippen LogP contribution in [0.15, 0.2) is 70.5 Å². The molecule has 0 amide bonds. The van der Waals surface area contributed by atoms with Crippen LogP contribution < -0.4 is 5.32 Å². The molecule has 0 aliphatic heterocycles. The number of benzene rings is 2. The third-order valence-corrected chi connectivity index (χ3v) is 5.49. The molecule has 2 aromatic heterocycles. The summed E-state index contributed by atoms with van der Waals surface area (Å²) in [7, 11) is 0. The standard InChI is InChI=1S/C23H21N3OS/c1-14-4-11-22(28-18-8-6-17(27)7-9-18)21(12-14)26-20-13-16(3)25-23-19(20)10-5-15(2)24-23/h4-13,27H,1-3H3,(H,24,25,26). The Balaban J connectivity index is 1.75. The molecule has 5 heteroatoms. The van der Waals surface area contributed by atoms with E-state index in [4.69, 9.17) is 0 Å². The van der Waals surface area contributed by atoms with Gasteiger partial charge in [0.1, 0.15) is 5.75 Å². The van der Waals surface area contributed by atoms with Gasteiger partial charge in [0.05, 0.1) is 11.4 Å². The van der Waals surface area contributed by atoms with Crippen molar-refractivity contribution in [2.75, 3.05) is 5.32 Å². The van der Waals surface area contributed by atoms with Crippen LogP contribution in [0.1, 0.15) is 17.0 Å². The minimum Gasteiger partial charge on any atom is -0.508 e. The molecule has 0 unspecified atom stereocenters. The highest BCUT2D eigenvalue weighted by Gasteiger charge is 2.10. The van der Waals surface area contributed by atoms with Crippen molar-refractivity contribution in [2.45, 2.75) is 30.6 Å². The molecule has 0 aliphatic carbocycles. The minimum atomic E-state index is 0.271. The third-order valence-electron chi connectivity index (χ3n) is 4.41. The summed E-state index contributed by atoms with van der Waals surface area (Å²) in [5.41, 5.74) is 5.84. The van der Waals surface area contributed by atoms with Gasteiger partial charge in [0, 0.05) is 26.6 Å². The van der Waals surface area contributed by atoms with Gasteiger partial charge < -0.3 is 10.4 Å². The van der Waals surface area contributed by atoms with Gasteiger partial charge in [-0.05, 0) is 80.9 Å². The molecule has 140 valence electrons. The lowest BCUT2D eigenvalue weighted by molar-refractivity contribution is 0.475. The molecule has 0 fully saturated rings. The summed E-state index contributed by atoms with van der Waals surface area (Å²) in [5.74, 6) is 0.271. The molecule has 0 atom stereocenters. The van der Waals surface area contributed by atoms with Gasteiger partial charge in [-0.1, -0.05) is 17.8 Å². The van der Waals surface area contributed by atoms with Crippen molar-refractivity contribution in [2.24, 2.45) is 0 Å².